The summed E-state index contributed by atoms with van der Waals surface area (Å²) < 4.78 is 10.6. The van der Waals surface area contributed by atoms with E-state index in [1.165, 1.54) is 0 Å². The zero-order valence-electron chi connectivity index (χ0n) is 11.8. The first-order valence-corrected chi connectivity index (χ1v) is 6.40. The molecule has 0 N–H and O–H groups in total. The van der Waals surface area contributed by atoms with Crippen LogP contribution in [0.25, 0.3) is 18.2 Å². The highest BCUT2D eigenvalue weighted by Crippen LogP contribution is 2.32. The van der Waals surface area contributed by atoms with Crippen molar-refractivity contribution < 1.29 is 9.47 Å². The van der Waals surface area contributed by atoms with Crippen molar-refractivity contribution in [3.8, 4) is 11.5 Å². The molecule has 0 saturated carbocycles. The molecule has 0 amide bonds. The van der Waals surface area contributed by atoms with Crippen LogP contribution in [0.2, 0.25) is 0 Å². The molecule has 0 aliphatic carbocycles. The molecule has 102 valence electrons. The molecule has 2 nitrogen and oxygen atoms in total. The van der Waals surface area contributed by atoms with Gasteiger partial charge >= 0.3 is 0 Å². The zero-order chi connectivity index (χ0) is 14.4. The van der Waals surface area contributed by atoms with Gasteiger partial charge in [0.2, 0.25) is 0 Å². The number of hydrogen-bond acceptors (Lipinski definition) is 2. The van der Waals surface area contributed by atoms with Gasteiger partial charge in [-0.15, -0.1) is 0 Å². The fourth-order valence-electron chi connectivity index (χ4n) is 1.98. The maximum atomic E-state index is 5.34. The second kappa shape index (κ2) is 6.62. The van der Waals surface area contributed by atoms with Crippen molar-refractivity contribution in [2.45, 2.75) is 0 Å². The van der Waals surface area contributed by atoms with Crippen molar-refractivity contribution in [2.24, 2.45) is 0 Å². The van der Waals surface area contributed by atoms with Crippen LogP contribution in [0, 0.1) is 0 Å². The van der Waals surface area contributed by atoms with E-state index in [0.717, 1.165) is 16.7 Å². The van der Waals surface area contributed by atoms with Crippen LogP contribution in [-0.4, -0.2) is 14.2 Å². The maximum Gasteiger partial charge on any atom is 0.161 e. The minimum Gasteiger partial charge on any atom is -0.493 e. The predicted octanol–water partition coefficient (Wildman–Crippen LogP) is 4.52. The van der Waals surface area contributed by atoms with Crippen LogP contribution >= 0.6 is 0 Å². The number of ether oxygens (including phenoxy) is 2. The smallest absolute Gasteiger partial charge is 0.161 e. The number of rotatable bonds is 5. The minimum absolute atomic E-state index is 0.708. The predicted molar refractivity (Wildman–Crippen MR) is 85.0 cm³/mol. The molecule has 2 rings (SSSR count). The van der Waals surface area contributed by atoms with E-state index in [1.54, 1.807) is 14.2 Å². The Balaban J connectivity index is 2.40. The number of hydrogen-bond donors (Lipinski definition) is 0. The van der Waals surface area contributed by atoms with Crippen LogP contribution in [0.3, 0.4) is 0 Å². The van der Waals surface area contributed by atoms with Crippen LogP contribution in [0.15, 0.2) is 49.0 Å². The second-order valence-corrected chi connectivity index (χ2v) is 4.28. The average Bonchev–Trinajstić information content (AvgIpc) is 2.52. The highest BCUT2D eigenvalue weighted by Gasteiger charge is 2.07. The van der Waals surface area contributed by atoms with E-state index >= 15 is 0 Å². The fraction of sp³-hybridized carbons (Fsp3) is 0.111. The third-order valence-electron chi connectivity index (χ3n) is 3.06. The lowest BCUT2D eigenvalue weighted by atomic mass is 10.0. The molecule has 0 radical (unpaired) electrons. The van der Waals surface area contributed by atoms with Gasteiger partial charge in [-0.3, -0.25) is 0 Å². The molecule has 2 aromatic rings. The molecule has 2 aromatic carbocycles. The van der Waals surface area contributed by atoms with Gasteiger partial charge in [0.15, 0.2) is 11.5 Å². The SMILES string of the molecule is C=Cc1cc(OC)c(OC)cc1/C=C/c1ccccc1. The number of methoxy groups -OCH3 is 2. The molecule has 0 heterocycles. The summed E-state index contributed by atoms with van der Waals surface area (Å²) in [5, 5.41) is 0. The van der Waals surface area contributed by atoms with Gasteiger partial charge in [-0.05, 0) is 28.8 Å². The summed E-state index contributed by atoms with van der Waals surface area (Å²) in [5.74, 6) is 1.42. The largest absolute Gasteiger partial charge is 0.493 e. The Morgan fingerprint density at radius 2 is 1.45 bits per heavy atom. The molecule has 0 bridgehead atoms. The first-order valence-electron chi connectivity index (χ1n) is 6.40. The quantitative estimate of drug-likeness (QED) is 0.741. The van der Waals surface area contributed by atoms with Gasteiger partial charge in [-0.25, -0.2) is 0 Å². The van der Waals surface area contributed by atoms with Crippen molar-refractivity contribution >= 4 is 18.2 Å². The molecule has 0 aliphatic rings. The molecule has 20 heavy (non-hydrogen) atoms. The van der Waals surface area contributed by atoms with Gasteiger partial charge < -0.3 is 9.47 Å². The van der Waals surface area contributed by atoms with E-state index in [2.05, 4.69) is 24.8 Å². The highest BCUT2D eigenvalue weighted by atomic mass is 16.5. The fourth-order valence-corrected chi connectivity index (χ4v) is 1.98. The lowest BCUT2D eigenvalue weighted by Gasteiger charge is -2.11. The molecule has 0 atom stereocenters. The van der Waals surface area contributed by atoms with E-state index in [1.807, 2.05) is 42.5 Å². The topological polar surface area (TPSA) is 18.5 Å². The summed E-state index contributed by atoms with van der Waals surface area (Å²) in [6, 6.07) is 14.0. The summed E-state index contributed by atoms with van der Waals surface area (Å²) in [5.41, 5.74) is 3.20. The van der Waals surface area contributed by atoms with E-state index in [0.29, 0.717) is 11.5 Å². The minimum atomic E-state index is 0.708. The summed E-state index contributed by atoms with van der Waals surface area (Å²) >= 11 is 0. The zero-order valence-corrected chi connectivity index (χ0v) is 11.8. The lowest BCUT2D eigenvalue weighted by molar-refractivity contribution is 0.355. The lowest BCUT2D eigenvalue weighted by Crippen LogP contribution is -1.93. The molecule has 0 aliphatic heterocycles. The Hall–Kier alpha value is -2.48. The summed E-state index contributed by atoms with van der Waals surface area (Å²) in [6.07, 6.45) is 5.93. The summed E-state index contributed by atoms with van der Waals surface area (Å²) in [7, 11) is 3.26. The third kappa shape index (κ3) is 3.09. The van der Waals surface area contributed by atoms with Crippen LogP contribution in [0.5, 0.6) is 11.5 Å². The van der Waals surface area contributed by atoms with E-state index in [4.69, 9.17) is 9.47 Å². The first-order chi connectivity index (χ1) is 9.78. The monoisotopic (exact) mass is 266 g/mol. The van der Waals surface area contributed by atoms with E-state index < -0.39 is 0 Å². The summed E-state index contributed by atoms with van der Waals surface area (Å²) in [4.78, 5) is 0. The Morgan fingerprint density at radius 1 is 0.850 bits per heavy atom. The second-order valence-electron chi connectivity index (χ2n) is 4.28. The molecule has 0 fully saturated rings. The normalized spacial score (nSPS) is 10.5. The van der Waals surface area contributed by atoms with Gasteiger partial charge in [-0.1, -0.05) is 55.1 Å². The highest BCUT2D eigenvalue weighted by molar-refractivity contribution is 5.76. The number of benzene rings is 2. The van der Waals surface area contributed by atoms with Gasteiger partial charge in [0.05, 0.1) is 14.2 Å². The Kier molecular flexibility index (Phi) is 4.61. The van der Waals surface area contributed by atoms with Crippen LogP contribution in [0.1, 0.15) is 16.7 Å². The Bertz CT molecular complexity index is 613. The van der Waals surface area contributed by atoms with Gasteiger partial charge in [-0.2, -0.15) is 0 Å². The Labute approximate surface area is 120 Å². The van der Waals surface area contributed by atoms with Crippen LogP contribution < -0.4 is 9.47 Å². The molecule has 0 saturated heterocycles. The molecule has 2 heteroatoms. The van der Waals surface area contributed by atoms with Crippen molar-refractivity contribution in [1.29, 1.82) is 0 Å². The van der Waals surface area contributed by atoms with E-state index in [-0.39, 0.29) is 0 Å². The van der Waals surface area contributed by atoms with E-state index in [9.17, 15) is 0 Å². The van der Waals surface area contributed by atoms with Gasteiger partial charge in [0.25, 0.3) is 0 Å². The molecular formula is C18H18O2. The van der Waals surface area contributed by atoms with Crippen molar-refractivity contribution in [1.82, 2.24) is 0 Å². The van der Waals surface area contributed by atoms with Crippen molar-refractivity contribution in [3.05, 3.63) is 65.7 Å². The van der Waals surface area contributed by atoms with Crippen molar-refractivity contribution in [3.63, 3.8) is 0 Å². The van der Waals surface area contributed by atoms with Gasteiger partial charge in [0, 0.05) is 0 Å². The first kappa shape index (κ1) is 13.9. The maximum absolute atomic E-state index is 5.34. The molecule has 0 unspecified atom stereocenters. The molecular weight excluding hydrogens is 248 g/mol. The van der Waals surface area contributed by atoms with Crippen LogP contribution in [-0.2, 0) is 0 Å². The Morgan fingerprint density at radius 3 is 2.00 bits per heavy atom. The molecule has 0 spiro atoms. The van der Waals surface area contributed by atoms with Crippen molar-refractivity contribution in [2.75, 3.05) is 14.2 Å². The standard InChI is InChI=1S/C18H18O2/c1-4-15-12-17(19-2)18(20-3)13-16(15)11-10-14-8-6-5-7-9-14/h4-13H,1H2,2-3H3/b11-10+. The van der Waals surface area contributed by atoms with Gasteiger partial charge in [0.1, 0.15) is 0 Å². The third-order valence-corrected chi connectivity index (χ3v) is 3.06. The summed E-state index contributed by atoms with van der Waals surface area (Å²) in [6.45, 7) is 3.85. The molecule has 0 aromatic heterocycles. The average molecular weight is 266 g/mol. The van der Waals surface area contributed by atoms with Crippen LogP contribution in [0.4, 0.5) is 0 Å².